The molecule has 122 valence electrons. The van der Waals surface area contributed by atoms with Crippen LogP contribution in [0.25, 0.3) is 11.1 Å². The number of aryl methyl sites for hydroxylation is 1. The number of halogens is 1. The Bertz CT molecular complexity index is 687. The summed E-state index contributed by atoms with van der Waals surface area (Å²) in [6.45, 7) is 4.38. The molecule has 0 amide bonds. The van der Waals surface area contributed by atoms with Gasteiger partial charge in [-0.2, -0.15) is 0 Å². The molecule has 0 radical (unpaired) electrons. The number of rotatable bonds is 4. The highest BCUT2D eigenvalue weighted by Crippen LogP contribution is 2.38. The van der Waals surface area contributed by atoms with Crippen molar-refractivity contribution in [3.63, 3.8) is 0 Å². The second-order valence-electron chi connectivity index (χ2n) is 5.97. The molecule has 0 unspecified atom stereocenters. The quantitative estimate of drug-likeness (QED) is 0.928. The molecule has 0 aromatic heterocycles. The Hall–Kier alpha value is -2.07. The Kier molecular flexibility index (Phi) is 4.82. The lowest BCUT2D eigenvalue weighted by Gasteiger charge is -2.18. The van der Waals surface area contributed by atoms with Crippen molar-refractivity contribution < 1.29 is 14.2 Å². The zero-order valence-electron chi connectivity index (χ0n) is 13.4. The van der Waals surface area contributed by atoms with Gasteiger partial charge in [0.25, 0.3) is 0 Å². The van der Waals surface area contributed by atoms with Crippen molar-refractivity contribution >= 4 is 0 Å². The number of phenols is 1. The predicted octanol–water partition coefficient (Wildman–Crippen LogP) is 3.92. The number of fused-ring (bicyclic) bond motifs is 1. The average molecular weight is 315 g/mol. The lowest BCUT2D eigenvalue weighted by atomic mass is 9.98. The molecule has 0 aliphatic carbocycles. The van der Waals surface area contributed by atoms with Crippen LogP contribution >= 0.6 is 0 Å². The van der Waals surface area contributed by atoms with Gasteiger partial charge in [0, 0.05) is 25.2 Å². The van der Waals surface area contributed by atoms with Gasteiger partial charge in [-0.25, -0.2) is 0 Å². The summed E-state index contributed by atoms with van der Waals surface area (Å²) in [6.07, 6.45) is 0.527. The van der Waals surface area contributed by atoms with Crippen LogP contribution in [0.5, 0.6) is 11.5 Å². The molecular weight excluding hydrogens is 293 g/mol. The summed E-state index contributed by atoms with van der Waals surface area (Å²) < 4.78 is 18.2. The SMILES string of the molecule is Cc1ccccc1-c1cc(O)c2c(c1)CN(CCCF)CCO2. The first-order valence-corrected chi connectivity index (χ1v) is 8.02. The predicted molar refractivity (Wildman–Crippen MR) is 89.6 cm³/mol. The van der Waals surface area contributed by atoms with E-state index in [4.69, 9.17) is 4.74 Å². The number of aromatic hydroxyl groups is 1. The maximum absolute atomic E-state index is 12.4. The minimum Gasteiger partial charge on any atom is -0.504 e. The van der Waals surface area contributed by atoms with Crippen LogP contribution in [0, 0.1) is 6.92 Å². The van der Waals surface area contributed by atoms with Gasteiger partial charge >= 0.3 is 0 Å². The summed E-state index contributed by atoms with van der Waals surface area (Å²) in [5, 5.41) is 10.4. The first-order chi connectivity index (χ1) is 11.2. The van der Waals surface area contributed by atoms with E-state index in [0.29, 0.717) is 31.9 Å². The van der Waals surface area contributed by atoms with Gasteiger partial charge in [-0.1, -0.05) is 24.3 Å². The average Bonchev–Trinajstić information content (AvgIpc) is 2.75. The van der Waals surface area contributed by atoms with Crippen LogP contribution in [0.15, 0.2) is 36.4 Å². The first kappa shape index (κ1) is 15.8. The summed E-state index contributed by atoms with van der Waals surface area (Å²) in [5.74, 6) is 0.734. The molecule has 3 rings (SSSR count). The highest BCUT2D eigenvalue weighted by atomic mass is 19.1. The van der Waals surface area contributed by atoms with E-state index in [-0.39, 0.29) is 12.4 Å². The number of nitrogens with zero attached hydrogens (tertiary/aromatic N) is 1. The number of hydrogen-bond donors (Lipinski definition) is 1. The second-order valence-corrected chi connectivity index (χ2v) is 5.97. The largest absolute Gasteiger partial charge is 0.504 e. The van der Waals surface area contributed by atoms with Crippen LogP contribution in [0.3, 0.4) is 0 Å². The maximum Gasteiger partial charge on any atom is 0.165 e. The lowest BCUT2D eigenvalue weighted by Crippen LogP contribution is -2.27. The van der Waals surface area contributed by atoms with Gasteiger partial charge in [0.15, 0.2) is 11.5 Å². The van der Waals surface area contributed by atoms with Gasteiger partial charge in [-0.05, 0) is 42.2 Å². The lowest BCUT2D eigenvalue weighted by molar-refractivity contribution is 0.216. The molecule has 0 saturated heterocycles. The summed E-state index contributed by atoms with van der Waals surface area (Å²) in [7, 11) is 0. The molecule has 3 nitrogen and oxygen atoms in total. The molecule has 0 bridgehead atoms. The number of benzene rings is 2. The molecule has 0 saturated carbocycles. The Balaban J connectivity index is 1.96. The van der Waals surface area contributed by atoms with E-state index in [2.05, 4.69) is 30.0 Å². The standard InChI is InChI=1S/C19H22FNO2/c1-14-5-2-3-6-17(14)15-11-16-13-21(8-4-7-20)9-10-23-19(16)18(22)12-15/h2-3,5-6,11-12,22H,4,7-10,13H2,1H3. The highest BCUT2D eigenvalue weighted by molar-refractivity contribution is 5.71. The Labute approximate surface area is 136 Å². The summed E-state index contributed by atoms with van der Waals surface area (Å²) in [6, 6.07) is 11.9. The summed E-state index contributed by atoms with van der Waals surface area (Å²) in [5.41, 5.74) is 4.20. The normalized spacial score (nSPS) is 14.9. The Morgan fingerprint density at radius 1 is 1.26 bits per heavy atom. The molecule has 2 aromatic rings. The van der Waals surface area contributed by atoms with Crippen LogP contribution in [0.2, 0.25) is 0 Å². The van der Waals surface area contributed by atoms with Gasteiger partial charge < -0.3 is 9.84 Å². The fourth-order valence-electron chi connectivity index (χ4n) is 3.08. The third kappa shape index (κ3) is 3.48. The van der Waals surface area contributed by atoms with Crippen LogP contribution in [0.1, 0.15) is 17.5 Å². The molecule has 23 heavy (non-hydrogen) atoms. The molecular formula is C19H22FNO2. The highest BCUT2D eigenvalue weighted by Gasteiger charge is 2.19. The zero-order chi connectivity index (χ0) is 16.2. The van der Waals surface area contributed by atoms with Gasteiger partial charge in [-0.3, -0.25) is 9.29 Å². The second kappa shape index (κ2) is 7.01. The monoisotopic (exact) mass is 315 g/mol. The van der Waals surface area contributed by atoms with E-state index in [1.54, 1.807) is 6.07 Å². The van der Waals surface area contributed by atoms with E-state index in [0.717, 1.165) is 28.8 Å². The van der Waals surface area contributed by atoms with Crippen molar-refractivity contribution in [2.24, 2.45) is 0 Å². The van der Waals surface area contributed by atoms with Gasteiger partial charge in [0.1, 0.15) is 6.61 Å². The van der Waals surface area contributed by atoms with Gasteiger partial charge in [0.05, 0.1) is 6.67 Å². The van der Waals surface area contributed by atoms with Crippen molar-refractivity contribution in [1.29, 1.82) is 0 Å². The minimum atomic E-state index is -0.307. The smallest absolute Gasteiger partial charge is 0.165 e. The molecule has 1 heterocycles. The third-order valence-electron chi connectivity index (χ3n) is 4.26. The van der Waals surface area contributed by atoms with Crippen molar-refractivity contribution in [2.45, 2.75) is 19.9 Å². The summed E-state index contributed by atoms with van der Waals surface area (Å²) in [4.78, 5) is 2.17. The van der Waals surface area contributed by atoms with Crippen molar-refractivity contribution in [3.05, 3.63) is 47.5 Å². The molecule has 4 heteroatoms. The molecule has 1 aliphatic rings. The third-order valence-corrected chi connectivity index (χ3v) is 4.26. The zero-order valence-corrected chi connectivity index (χ0v) is 13.4. The van der Waals surface area contributed by atoms with E-state index in [9.17, 15) is 9.50 Å². The van der Waals surface area contributed by atoms with Gasteiger partial charge in [-0.15, -0.1) is 0 Å². The summed E-state index contributed by atoms with van der Waals surface area (Å²) >= 11 is 0. The van der Waals surface area contributed by atoms with Crippen LogP contribution < -0.4 is 4.74 Å². The van der Waals surface area contributed by atoms with Crippen molar-refractivity contribution in [3.8, 4) is 22.6 Å². The fourth-order valence-corrected chi connectivity index (χ4v) is 3.08. The van der Waals surface area contributed by atoms with Crippen LogP contribution in [-0.4, -0.2) is 36.4 Å². The molecule has 0 atom stereocenters. The number of phenolic OH excluding ortho intramolecular Hbond substituents is 1. The molecule has 1 N–H and O–H groups in total. The van der Waals surface area contributed by atoms with E-state index in [1.165, 1.54) is 0 Å². The first-order valence-electron chi connectivity index (χ1n) is 8.02. The topological polar surface area (TPSA) is 32.7 Å². The Morgan fingerprint density at radius 3 is 2.87 bits per heavy atom. The van der Waals surface area contributed by atoms with Crippen molar-refractivity contribution in [2.75, 3.05) is 26.4 Å². The molecule has 0 spiro atoms. The molecule has 2 aromatic carbocycles. The maximum atomic E-state index is 12.4. The van der Waals surface area contributed by atoms with E-state index >= 15 is 0 Å². The number of hydrogen-bond acceptors (Lipinski definition) is 3. The van der Waals surface area contributed by atoms with Crippen LogP contribution in [0.4, 0.5) is 4.39 Å². The number of ether oxygens (including phenoxy) is 1. The minimum absolute atomic E-state index is 0.174. The Morgan fingerprint density at radius 2 is 2.09 bits per heavy atom. The van der Waals surface area contributed by atoms with Gasteiger partial charge in [0.2, 0.25) is 0 Å². The fraction of sp³-hybridized carbons (Fsp3) is 0.368. The molecule has 1 aliphatic heterocycles. The van der Waals surface area contributed by atoms with E-state index < -0.39 is 0 Å². The van der Waals surface area contributed by atoms with Crippen LogP contribution in [-0.2, 0) is 6.54 Å². The van der Waals surface area contributed by atoms with Crippen molar-refractivity contribution in [1.82, 2.24) is 4.90 Å². The van der Waals surface area contributed by atoms with E-state index in [1.807, 2.05) is 12.1 Å². The number of alkyl halides is 1. The molecule has 0 fully saturated rings.